The Balaban J connectivity index is 1.71. The van der Waals surface area contributed by atoms with Crippen LogP contribution in [0.4, 0.5) is 0 Å². The standard InChI is InChI=1S/C19H25NO5/c1-12-5-7-19(8-6-12,18(22)23)20-17(21)14-9-13-10-15(24-2)3-4-16(13)25-11-14/h3-4,10,12,14H,5-9,11H2,1-2H3,(H,20,21)(H,22,23). The molecule has 0 saturated heterocycles. The number of amides is 1. The van der Waals surface area contributed by atoms with Crippen LogP contribution in [-0.4, -0.2) is 36.2 Å². The number of carboxylic acids is 1. The molecule has 0 spiro atoms. The molecular formula is C19H25NO5. The molecule has 1 saturated carbocycles. The van der Waals surface area contributed by atoms with Crippen molar-refractivity contribution in [3.8, 4) is 11.5 Å². The first kappa shape index (κ1) is 17.6. The van der Waals surface area contributed by atoms with E-state index in [4.69, 9.17) is 9.47 Å². The number of carbonyl (C=O) groups is 2. The highest BCUT2D eigenvalue weighted by atomic mass is 16.5. The molecule has 1 fully saturated rings. The van der Waals surface area contributed by atoms with Gasteiger partial charge < -0.3 is 19.9 Å². The Hall–Kier alpha value is -2.24. The van der Waals surface area contributed by atoms with Crippen molar-refractivity contribution in [3.05, 3.63) is 23.8 Å². The van der Waals surface area contributed by atoms with Crippen molar-refractivity contribution in [1.82, 2.24) is 5.32 Å². The van der Waals surface area contributed by atoms with Crippen LogP contribution in [0.15, 0.2) is 18.2 Å². The lowest BCUT2D eigenvalue weighted by Crippen LogP contribution is -2.58. The Kier molecular flexibility index (Phi) is 4.88. The third-order valence-electron chi connectivity index (χ3n) is 5.44. The highest BCUT2D eigenvalue weighted by Crippen LogP contribution is 2.34. The normalized spacial score (nSPS) is 28.4. The number of hydrogen-bond acceptors (Lipinski definition) is 4. The summed E-state index contributed by atoms with van der Waals surface area (Å²) in [4.78, 5) is 24.6. The molecule has 1 unspecified atom stereocenters. The molecule has 0 radical (unpaired) electrons. The quantitative estimate of drug-likeness (QED) is 0.874. The van der Waals surface area contributed by atoms with E-state index in [1.165, 1.54) is 0 Å². The summed E-state index contributed by atoms with van der Waals surface area (Å²) < 4.78 is 10.9. The average Bonchev–Trinajstić information content (AvgIpc) is 2.62. The number of methoxy groups -OCH3 is 1. The van der Waals surface area contributed by atoms with Gasteiger partial charge in [-0.2, -0.15) is 0 Å². The maximum Gasteiger partial charge on any atom is 0.329 e. The zero-order chi connectivity index (χ0) is 18.0. The van der Waals surface area contributed by atoms with Gasteiger partial charge in [0.1, 0.15) is 23.6 Å². The SMILES string of the molecule is COc1ccc2c(c1)CC(C(=O)NC1(C(=O)O)CCC(C)CC1)CO2. The van der Waals surface area contributed by atoms with E-state index in [1.807, 2.05) is 18.2 Å². The fourth-order valence-electron chi connectivity index (χ4n) is 3.65. The smallest absolute Gasteiger partial charge is 0.329 e. The predicted molar refractivity (Wildman–Crippen MR) is 91.8 cm³/mol. The Morgan fingerprint density at radius 3 is 2.68 bits per heavy atom. The molecule has 2 aliphatic rings. The number of carbonyl (C=O) groups excluding carboxylic acids is 1. The summed E-state index contributed by atoms with van der Waals surface area (Å²) in [5, 5.41) is 12.5. The van der Waals surface area contributed by atoms with Gasteiger partial charge in [0.15, 0.2) is 0 Å². The summed E-state index contributed by atoms with van der Waals surface area (Å²) >= 11 is 0. The molecule has 2 N–H and O–H groups in total. The first-order valence-corrected chi connectivity index (χ1v) is 8.78. The van der Waals surface area contributed by atoms with Crippen molar-refractivity contribution in [1.29, 1.82) is 0 Å². The van der Waals surface area contributed by atoms with E-state index in [0.29, 0.717) is 30.9 Å². The van der Waals surface area contributed by atoms with Crippen LogP contribution in [0.3, 0.4) is 0 Å². The van der Waals surface area contributed by atoms with E-state index in [2.05, 4.69) is 12.2 Å². The van der Waals surface area contributed by atoms with Crippen LogP contribution >= 0.6 is 0 Å². The molecule has 1 aromatic carbocycles. The first-order valence-electron chi connectivity index (χ1n) is 8.78. The molecular weight excluding hydrogens is 322 g/mol. The molecule has 1 amide bonds. The maximum atomic E-state index is 12.7. The van der Waals surface area contributed by atoms with Crippen LogP contribution in [0, 0.1) is 11.8 Å². The number of carboxylic acid groups (broad SMARTS) is 1. The van der Waals surface area contributed by atoms with E-state index in [-0.39, 0.29) is 12.5 Å². The van der Waals surface area contributed by atoms with Crippen molar-refractivity contribution < 1.29 is 24.2 Å². The Morgan fingerprint density at radius 2 is 2.04 bits per heavy atom. The van der Waals surface area contributed by atoms with Gasteiger partial charge in [0.05, 0.1) is 13.0 Å². The number of benzene rings is 1. The maximum absolute atomic E-state index is 12.7. The Labute approximate surface area is 147 Å². The molecule has 6 nitrogen and oxygen atoms in total. The Bertz CT molecular complexity index is 664. The van der Waals surface area contributed by atoms with Crippen molar-refractivity contribution in [3.63, 3.8) is 0 Å². The van der Waals surface area contributed by atoms with Crippen molar-refractivity contribution in [2.45, 2.75) is 44.6 Å². The third kappa shape index (κ3) is 3.57. The molecule has 0 bridgehead atoms. The zero-order valence-corrected chi connectivity index (χ0v) is 14.7. The molecule has 3 rings (SSSR count). The van der Waals surface area contributed by atoms with Crippen molar-refractivity contribution in [2.75, 3.05) is 13.7 Å². The van der Waals surface area contributed by atoms with E-state index < -0.39 is 17.4 Å². The van der Waals surface area contributed by atoms with Crippen molar-refractivity contribution in [2.24, 2.45) is 11.8 Å². The second kappa shape index (κ2) is 6.94. The summed E-state index contributed by atoms with van der Waals surface area (Å²) in [5.41, 5.74) is -0.231. The van der Waals surface area contributed by atoms with E-state index in [1.54, 1.807) is 7.11 Å². The number of hydrogen-bond donors (Lipinski definition) is 2. The van der Waals surface area contributed by atoms with Crippen LogP contribution in [0.5, 0.6) is 11.5 Å². The van der Waals surface area contributed by atoms with Crippen LogP contribution in [0.25, 0.3) is 0 Å². The van der Waals surface area contributed by atoms with Gasteiger partial charge in [0, 0.05) is 0 Å². The highest BCUT2D eigenvalue weighted by molar-refractivity contribution is 5.88. The lowest BCUT2D eigenvalue weighted by Gasteiger charge is -2.37. The lowest BCUT2D eigenvalue weighted by molar-refractivity contribution is -0.150. The topological polar surface area (TPSA) is 84.9 Å². The molecule has 136 valence electrons. The summed E-state index contributed by atoms with van der Waals surface area (Å²) in [6.07, 6.45) is 3.10. The first-order chi connectivity index (χ1) is 11.9. The van der Waals surface area contributed by atoms with E-state index >= 15 is 0 Å². The summed E-state index contributed by atoms with van der Waals surface area (Å²) in [6, 6.07) is 5.52. The molecule has 6 heteroatoms. The molecule has 25 heavy (non-hydrogen) atoms. The summed E-state index contributed by atoms with van der Waals surface area (Å²) in [7, 11) is 1.59. The minimum Gasteiger partial charge on any atom is -0.497 e. The number of ether oxygens (including phenoxy) is 2. The minimum absolute atomic E-state index is 0.245. The van der Waals surface area contributed by atoms with Gasteiger partial charge in [-0.25, -0.2) is 4.79 Å². The van der Waals surface area contributed by atoms with Crippen molar-refractivity contribution >= 4 is 11.9 Å². The molecule has 1 aliphatic carbocycles. The van der Waals surface area contributed by atoms with E-state index in [0.717, 1.165) is 24.2 Å². The number of nitrogens with one attached hydrogen (secondary N) is 1. The lowest BCUT2D eigenvalue weighted by atomic mass is 9.76. The second-order valence-electron chi connectivity index (χ2n) is 7.24. The third-order valence-corrected chi connectivity index (χ3v) is 5.44. The van der Waals surface area contributed by atoms with Crippen LogP contribution in [-0.2, 0) is 16.0 Å². The van der Waals surface area contributed by atoms with Crippen LogP contribution in [0.1, 0.15) is 38.2 Å². The van der Waals surface area contributed by atoms with Gasteiger partial charge in [-0.1, -0.05) is 6.92 Å². The van der Waals surface area contributed by atoms with Crippen LogP contribution < -0.4 is 14.8 Å². The monoisotopic (exact) mass is 347 g/mol. The minimum atomic E-state index is -1.14. The predicted octanol–water partition coefficient (Wildman–Crippen LogP) is 2.40. The molecule has 1 atom stereocenters. The number of aliphatic carboxylic acids is 1. The Morgan fingerprint density at radius 1 is 1.32 bits per heavy atom. The molecule has 1 heterocycles. The van der Waals surface area contributed by atoms with Gasteiger partial charge in [-0.15, -0.1) is 0 Å². The molecule has 0 aromatic heterocycles. The fraction of sp³-hybridized carbons (Fsp3) is 0.579. The van der Waals surface area contributed by atoms with Gasteiger partial charge >= 0.3 is 5.97 Å². The van der Waals surface area contributed by atoms with E-state index in [9.17, 15) is 14.7 Å². The largest absolute Gasteiger partial charge is 0.497 e. The van der Waals surface area contributed by atoms with Gasteiger partial charge in [-0.3, -0.25) is 4.79 Å². The molecule has 1 aliphatic heterocycles. The molecule has 1 aromatic rings. The highest BCUT2D eigenvalue weighted by Gasteiger charge is 2.43. The number of rotatable bonds is 4. The summed E-state index contributed by atoms with van der Waals surface area (Å²) in [5.74, 6) is 0.393. The average molecular weight is 347 g/mol. The fourth-order valence-corrected chi connectivity index (χ4v) is 3.65. The van der Waals surface area contributed by atoms with Gasteiger partial charge in [0.2, 0.25) is 5.91 Å². The van der Waals surface area contributed by atoms with Gasteiger partial charge in [0.25, 0.3) is 0 Å². The van der Waals surface area contributed by atoms with Gasteiger partial charge in [-0.05, 0) is 61.8 Å². The second-order valence-corrected chi connectivity index (χ2v) is 7.24. The summed E-state index contributed by atoms with van der Waals surface area (Å²) in [6.45, 7) is 2.38. The zero-order valence-electron chi connectivity index (χ0n) is 14.7. The number of fused-ring (bicyclic) bond motifs is 1. The van der Waals surface area contributed by atoms with Crippen LogP contribution in [0.2, 0.25) is 0 Å².